The minimum absolute atomic E-state index is 0.426. The summed E-state index contributed by atoms with van der Waals surface area (Å²) in [4.78, 5) is 3.97. The van der Waals surface area contributed by atoms with Crippen LogP contribution in [0.4, 0.5) is 5.82 Å². The molecule has 0 saturated heterocycles. The maximum atomic E-state index is 5.63. The van der Waals surface area contributed by atoms with Crippen molar-refractivity contribution in [3.8, 4) is 0 Å². The van der Waals surface area contributed by atoms with Gasteiger partial charge in [0.15, 0.2) is 5.65 Å². The molecule has 4 nitrogen and oxygen atoms in total. The van der Waals surface area contributed by atoms with Crippen LogP contribution in [0.15, 0.2) is 18.3 Å². The van der Waals surface area contributed by atoms with Gasteiger partial charge in [-0.2, -0.15) is 5.10 Å². The summed E-state index contributed by atoms with van der Waals surface area (Å²) in [5.74, 6) is 0.444. The van der Waals surface area contributed by atoms with Gasteiger partial charge >= 0.3 is 0 Å². The molecule has 2 aromatic rings. The van der Waals surface area contributed by atoms with Crippen molar-refractivity contribution in [1.82, 2.24) is 14.6 Å². The first-order chi connectivity index (χ1) is 6.25. The number of aromatic nitrogens is 3. The van der Waals surface area contributed by atoms with Crippen LogP contribution in [0.2, 0.25) is 5.15 Å². The molecule has 0 unspecified atom stereocenters. The third-order valence-corrected chi connectivity index (χ3v) is 1.51. The van der Waals surface area contributed by atoms with E-state index in [0.717, 1.165) is 0 Å². The molecule has 0 aromatic carbocycles. The molecule has 0 fully saturated rings. The van der Waals surface area contributed by atoms with Crippen LogP contribution in [0.1, 0.15) is 13.8 Å². The van der Waals surface area contributed by atoms with Gasteiger partial charge in [0.2, 0.25) is 0 Å². The van der Waals surface area contributed by atoms with Gasteiger partial charge in [0.25, 0.3) is 0 Å². The summed E-state index contributed by atoms with van der Waals surface area (Å²) in [6.07, 6.45) is 1.61. The summed E-state index contributed by atoms with van der Waals surface area (Å²) < 4.78 is 1.54. The molecule has 0 atom stereocenters. The van der Waals surface area contributed by atoms with Gasteiger partial charge in [-0.3, -0.25) is 0 Å². The summed E-state index contributed by atoms with van der Waals surface area (Å²) in [5, 5.41) is 4.36. The fourth-order valence-electron chi connectivity index (χ4n) is 0.877. The standard InChI is InChI=1S/C6H5ClN4.C2H6/c7-4-1-2-6-9-5(8)3-11(6)10-4;1-2/h1-3H,8H2;1-2H3. The topological polar surface area (TPSA) is 56.2 Å². The zero-order valence-electron chi connectivity index (χ0n) is 7.53. The molecule has 2 aromatic heterocycles. The lowest BCUT2D eigenvalue weighted by molar-refractivity contribution is 0.937. The highest BCUT2D eigenvalue weighted by Gasteiger charge is 1.97. The summed E-state index contributed by atoms with van der Waals surface area (Å²) in [7, 11) is 0. The Bertz CT molecular complexity index is 396. The molecule has 0 bridgehead atoms. The van der Waals surface area contributed by atoms with Gasteiger partial charge in [0, 0.05) is 0 Å². The highest BCUT2D eigenvalue weighted by Crippen LogP contribution is 2.08. The van der Waals surface area contributed by atoms with Crippen molar-refractivity contribution in [3.05, 3.63) is 23.5 Å². The van der Waals surface area contributed by atoms with Crippen LogP contribution >= 0.6 is 11.6 Å². The first kappa shape index (κ1) is 9.80. The van der Waals surface area contributed by atoms with Crippen molar-refractivity contribution in [3.63, 3.8) is 0 Å². The maximum Gasteiger partial charge on any atom is 0.156 e. The number of hydrogen-bond acceptors (Lipinski definition) is 3. The smallest absolute Gasteiger partial charge is 0.156 e. The first-order valence-corrected chi connectivity index (χ1v) is 4.41. The Morgan fingerprint density at radius 3 is 2.77 bits per heavy atom. The highest BCUT2D eigenvalue weighted by atomic mass is 35.5. The van der Waals surface area contributed by atoms with Crippen LogP contribution in [-0.4, -0.2) is 14.6 Å². The van der Waals surface area contributed by atoms with E-state index in [-0.39, 0.29) is 0 Å². The van der Waals surface area contributed by atoms with E-state index in [2.05, 4.69) is 10.1 Å². The van der Waals surface area contributed by atoms with E-state index in [9.17, 15) is 0 Å². The molecule has 0 aliphatic carbocycles. The largest absolute Gasteiger partial charge is 0.382 e. The highest BCUT2D eigenvalue weighted by molar-refractivity contribution is 6.29. The lowest BCUT2D eigenvalue weighted by Crippen LogP contribution is -1.88. The van der Waals surface area contributed by atoms with Crippen LogP contribution in [0.25, 0.3) is 5.65 Å². The molecule has 70 valence electrons. The SMILES string of the molecule is CC.Nc1cn2nc(Cl)ccc2n1. The molecule has 0 saturated carbocycles. The predicted molar refractivity (Wildman–Crippen MR) is 53.8 cm³/mol. The molecule has 2 N–H and O–H groups in total. The fourth-order valence-corrected chi connectivity index (χ4v) is 1.02. The van der Waals surface area contributed by atoms with Crippen LogP contribution < -0.4 is 5.73 Å². The maximum absolute atomic E-state index is 5.63. The third-order valence-electron chi connectivity index (χ3n) is 1.31. The monoisotopic (exact) mass is 198 g/mol. The number of halogens is 1. The Hall–Kier alpha value is -1.29. The molecule has 0 radical (unpaired) electrons. The van der Waals surface area contributed by atoms with Crippen LogP contribution in [-0.2, 0) is 0 Å². The Kier molecular flexibility index (Phi) is 3.08. The van der Waals surface area contributed by atoms with Crippen molar-refractivity contribution >= 4 is 23.1 Å². The van der Waals surface area contributed by atoms with Crippen molar-refractivity contribution in [1.29, 1.82) is 0 Å². The van der Waals surface area contributed by atoms with Gasteiger partial charge in [0.05, 0.1) is 6.20 Å². The summed E-state index contributed by atoms with van der Waals surface area (Å²) in [5.41, 5.74) is 6.13. The van der Waals surface area contributed by atoms with Gasteiger partial charge in [-0.1, -0.05) is 25.4 Å². The number of imidazole rings is 1. The van der Waals surface area contributed by atoms with E-state index in [4.69, 9.17) is 17.3 Å². The fraction of sp³-hybridized carbons (Fsp3) is 0.250. The molecule has 2 rings (SSSR count). The zero-order valence-corrected chi connectivity index (χ0v) is 8.28. The number of fused-ring (bicyclic) bond motifs is 1. The second-order valence-electron chi connectivity index (χ2n) is 2.12. The molecule has 0 amide bonds. The third kappa shape index (κ3) is 2.09. The number of hydrogen-bond donors (Lipinski definition) is 1. The van der Waals surface area contributed by atoms with E-state index in [1.807, 2.05) is 13.8 Å². The minimum Gasteiger partial charge on any atom is -0.382 e. The average Bonchev–Trinajstić information content (AvgIpc) is 2.48. The van der Waals surface area contributed by atoms with Gasteiger partial charge in [-0.25, -0.2) is 9.50 Å². The molecule has 2 heterocycles. The molecule has 5 heteroatoms. The van der Waals surface area contributed by atoms with E-state index >= 15 is 0 Å². The second kappa shape index (κ2) is 4.09. The number of rotatable bonds is 0. The van der Waals surface area contributed by atoms with Crippen LogP contribution in [0.5, 0.6) is 0 Å². The van der Waals surface area contributed by atoms with Crippen molar-refractivity contribution < 1.29 is 0 Å². The number of nitrogens with zero attached hydrogens (tertiary/aromatic N) is 3. The molecular weight excluding hydrogens is 188 g/mol. The number of anilines is 1. The molecule has 0 spiro atoms. The lowest BCUT2D eigenvalue weighted by atomic mass is 10.6. The summed E-state index contributed by atoms with van der Waals surface area (Å²) >= 11 is 5.63. The first-order valence-electron chi connectivity index (χ1n) is 4.03. The lowest BCUT2D eigenvalue weighted by Gasteiger charge is -1.89. The Labute approximate surface area is 81.3 Å². The number of nitrogen functional groups attached to an aromatic ring is 1. The predicted octanol–water partition coefficient (Wildman–Crippen LogP) is 1.99. The van der Waals surface area contributed by atoms with Gasteiger partial charge in [0.1, 0.15) is 11.0 Å². The number of nitrogens with two attached hydrogens (primary N) is 1. The Morgan fingerprint density at radius 1 is 1.38 bits per heavy atom. The average molecular weight is 199 g/mol. The zero-order chi connectivity index (χ0) is 9.84. The van der Waals surface area contributed by atoms with Crippen molar-refractivity contribution in [2.75, 3.05) is 5.73 Å². The van der Waals surface area contributed by atoms with Crippen molar-refractivity contribution in [2.24, 2.45) is 0 Å². The summed E-state index contributed by atoms with van der Waals surface area (Å²) in [6, 6.07) is 3.43. The molecule has 0 aliphatic rings. The van der Waals surface area contributed by atoms with E-state index in [1.54, 1.807) is 18.3 Å². The van der Waals surface area contributed by atoms with E-state index in [1.165, 1.54) is 4.52 Å². The normalized spacial score (nSPS) is 9.46. The van der Waals surface area contributed by atoms with Crippen LogP contribution in [0.3, 0.4) is 0 Å². The molecular formula is C8H11ClN4. The Morgan fingerprint density at radius 2 is 2.08 bits per heavy atom. The van der Waals surface area contributed by atoms with Gasteiger partial charge < -0.3 is 5.73 Å². The van der Waals surface area contributed by atoms with E-state index in [0.29, 0.717) is 16.6 Å². The quantitative estimate of drug-likeness (QED) is 0.705. The van der Waals surface area contributed by atoms with Crippen LogP contribution in [0, 0.1) is 0 Å². The Balaban J connectivity index is 0.000000396. The summed E-state index contributed by atoms with van der Waals surface area (Å²) in [6.45, 7) is 4.00. The van der Waals surface area contributed by atoms with Gasteiger partial charge in [-0.05, 0) is 12.1 Å². The molecule has 13 heavy (non-hydrogen) atoms. The van der Waals surface area contributed by atoms with E-state index < -0.39 is 0 Å². The van der Waals surface area contributed by atoms with Crippen molar-refractivity contribution in [2.45, 2.75) is 13.8 Å². The minimum atomic E-state index is 0.426. The van der Waals surface area contributed by atoms with Gasteiger partial charge in [-0.15, -0.1) is 0 Å². The second-order valence-corrected chi connectivity index (χ2v) is 2.51. The molecule has 0 aliphatic heterocycles.